The number of carbonyl (C=O) groups excluding carboxylic acids is 1. The van der Waals surface area contributed by atoms with Crippen molar-refractivity contribution in [2.45, 2.75) is 0 Å². The Hall–Kier alpha value is -1.89. The van der Waals surface area contributed by atoms with E-state index in [9.17, 15) is 4.79 Å². The van der Waals surface area contributed by atoms with E-state index in [4.69, 9.17) is 11.0 Å². The van der Waals surface area contributed by atoms with Gasteiger partial charge in [0, 0.05) is 6.20 Å². The number of amides is 1. The molecule has 2 N–H and O–H groups in total. The molecule has 0 aliphatic carbocycles. The molecule has 1 aromatic rings. The number of rotatable bonds is 1. The zero-order valence-corrected chi connectivity index (χ0v) is 5.61. The minimum absolute atomic E-state index is 0.115. The maximum Gasteiger partial charge on any atom is 0.267 e. The van der Waals surface area contributed by atoms with Crippen LogP contribution in [0, 0.1) is 11.3 Å². The summed E-state index contributed by atoms with van der Waals surface area (Å²) in [7, 11) is 0. The first-order chi connectivity index (χ1) is 5.24. The van der Waals surface area contributed by atoms with E-state index in [1.54, 1.807) is 0 Å². The fourth-order valence-electron chi connectivity index (χ4n) is 0.635. The van der Waals surface area contributed by atoms with Crippen LogP contribution in [0.15, 0.2) is 18.3 Å². The average molecular weight is 147 g/mol. The molecule has 54 valence electrons. The second-order valence-electron chi connectivity index (χ2n) is 1.91. The maximum absolute atomic E-state index is 10.5. The first-order valence-corrected chi connectivity index (χ1v) is 2.90. The molecule has 0 saturated heterocycles. The number of pyridine rings is 1. The van der Waals surface area contributed by atoms with Gasteiger partial charge < -0.3 is 5.73 Å². The molecule has 1 rings (SSSR count). The average Bonchev–Trinajstić information content (AvgIpc) is 2.05. The van der Waals surface area contributed by atoms with Crippen molar-refractivity contribution in [3.8, 4) is 6.07 Å². The Morgan fingerprint density at radius 1 is 1.73 bits per heavy atom. The second-order valence-corrected chi connectivity index (χ2v) is 1.91. The molecule has 0 aliphatic heterocycles. The van der Waals surface area contributed by atoms with Crippen LogP contribution in [-0.2, 0) is 0 Å². The summed E-state index contributed by atoms with van der Waals surface area (Å²) in [6.07, 6.45) is 1.37. The van der Waals surface area contributed by atoms with Gasteiger partial charge in [0.1, 0.15) is 5.69 Å². The van der Waals surface area contributed by atoms with Crippen molar-refractivity contribution in [1.82, 2.24) is 4.98 Å². The molecule has 0 aromatic carbocycles. The predicted molar refractivity (Wildman–Crippen MR) is 37.5 cm³/mol. The lowest BCUT2D eigenvalue weighted by molar-refractivity contribution is 0.0995. The molecule has 0 fully saturated rings. The topological polar surface area (TPSA) is 79.8 Å². The summed E-state index contributed by atoms with van der Waals surface area (Å²) in [5.74, 6) is -0.623. The molecule has 0 unspecified atom stereocenters. The molecule has 1 heterocycles. The molecule has 11 heavy (non-hydrogen) atoms. The third kappa shape index (κ3) is 1.52. The van der Waals surface area contributed by atoms with Crippen LogP contribution in [-0.4, -0.2) is 10.9 Å². The van der Waals surface area contributed by atoms with Crippen molar-refractivity contribution < 1.29 is 4.79 Å². The van der Waals surface area contributed by atoms with Gasteiger partial charge in [-0.25, -0.2) is 0 Å². The summed E-state index contributed by atoms with van der Waals surface area (Å²) in [6, 6.07) is 4.73. The van der Waals surface area contributed by atoms with Crippen molar-refractivity contribution in [2.24, 2.45) is 5.73 Å². The van der Waals surface area contributed by atoms with Gasteiger partial charge >= 0.3 is 0 Å². The summed E-state index contributed by atoms with van der Waals surface area (Å²) < 4.78 is 0. The third-order valence-electron chi connectivity index (χ3n) is 1.14. The van der Waals surface area contributed by atoms with E-state index >= 15 is 0 Å². The highest BCUT2D eigenvalue weighted by atomic mass is 16.1. The molecule has 0 bridgehead atoms. The van der Waals surface area contributed by atoms with Crippen molar-refractivity contribution in [3.05, 3.63) is 29.6 Å². The van der Waals surface area contributed by atoms with Crippen LogP contribution >= 0.6 is 0 Å². The number of nitriles is 1. The molecule has 4 heteroatoms. The fourth-order valence-corrected chi connectivity index (χ4v) is 0.635. The molecule has 1 aromatic heterocycles. The first kappa shape index (κ1) is 7.22. The number of hydrogen-bond donors (Lipinski definition) is 1. The van der Waals surface area contributed by atoms with Gasteiger partial charge in [-0.15, -0.1) is 0 Å². The van der Waals surface area contributed by atoms with Gasteiger partial charge in [-0.2, -0.15) is 5.26 Å². The number of nitrogens with two attached hydrogens (primary N) is 1. The maximum atomic E-state index is 10.5. The lowest BCUT2D eigenvalue weighted by atomic mass is 10.2. The molecule has 0 atom stereocenters. The van der Waals surface area contributed by atoms with E-state index in [1.807, 2.05) is 6.07 Å². The predicted octanol–water partition coefficient (Wildman–Crippen LogP) is 0.0522. The highest BCUT2D eigenvalue weighted by Gasteiger charge is 2.00. The van der Waals surface area contributed by atoms with Crippen LogP contribution in [0.4, 0.5) is 0 Å². The Bertz CT molecular complexity index is 327. The highest BCUT2D eigenvalue weighted by molar-refractivity contribution is 5.90. The number of hydrogen-bond acceptors (Lipinski definition) is 3. The van der Waals surface area contributed by atoms with Crippen LogP contribution in [0.5, 0.6) is 0 Å². The Balaban J connectivity index is 3.13. The summed E-state index contributed by atoms with van der Waals surface area (Å²) >= 11 is 0. The minimum atomic E-state index is -0.623. The van der Waals surface area contributed by atoms with E-state index in [1.165, 1.54) is 18.3 Å². The van der Waals surface area contributed by atoms with Gasteiger partial charge in [-0.3, -0.25) is 9.78 Å². The molecule has 4 nitrogen and oxygen atoms in total. The van der Waals surface area contributed by atoms with E-state index in [2.05, 4.69) is 4.98 Å². The van der Waals surface area contributed by atoms with Crippen LogP contribution < -0.4 is 5.73 Å². The van der Waals surface area contributed by atoms with Crippen molar-refractivity contribution in [2.75, 3.05) is 0 Å². The molecule has 0 saturated carbocycles. The Morgan fingerprint density at radius 2 is 2.45 bits per heavy atom. The SMILES string of the molecule is N#Cc1ccnc(C(N)=O)c1. The van der Waals surface area contributed by atoms with E-state index in [-0.39, 0.29) is 5.69 Å². The molecule has 1 amide bonds. The zero-order valence-electron chi connectivity index (χ0n) is 5.61. The number of nitrogens with zero attached hydrogens (tertiary/aromatic N) is 2. The lowest BCUT2D eigenvalue weighted by Gasteiger charge is -1.92. The molecule has 0 spiro atoms. The van der Waals surface area contributed by atoms with Crippen LogP contribution in [0.3, 0.4) is 0 Å². The summed E-state index contributed by atoms with van der Waals surface area (Å²) in [5.41, 5.74) is 5.42. The number of carbonyl (C=O) groups is 1. The third-order valence-corrected chi connectivity index (χ3v) is 1.14. The first-order valence-electron chi connectivity index (χ1n) is 2.90. The normalized spacial score (nSPS) is 8.64. The summed E-state index contributed by atoms with van der Waals surface area (Å²) in [5, 5.41) is 8.41. The molecular weight excluding hydrogens is 142 g/mol. The quantitative estimate of drug-likeness (QED) is 0.609. The zero-order chi connectivity index (χ0) is 8.27. The minimum Gasteiger partial charge on any atom is -0.364 e. The van der Waals surface area contributed by atoms with Gasteiger partial charge in [0.2, 0.25) is 0 Å². The molecule has 0 radical (unpaired) electrons. The summed E-state index contributed by atoms with van der Waals surface area (Å²) in [6.45, 7) is 0. The Kier molecular flexibility index (Phi) is 1.83. The molecule has 0 aliphatic rings. The standard InChI is InChI=1S/C7H5N3O/c8-4-5-1-2-10-6(3-5)7(9)11/h1-3H,(H2,9,11). The van der Waals surface area contributed by atoms with Gasteiger partial charge in [0.05, 0.1) is 11.6 Å². The van der Waals surface area contributed by atoms with Gasteiger partial charge in [-0.05, 0) is 12.1 Å². The van der Waals surface area contributed by atoms with E-state index in [0.29, 0.717) is 5.56 Å². The van der Waals surface area contributed by atoms with Crippen molar-refractivity contribution in [1.29, 1.82) is 5.26 Å². The summed E-state index contributed by atoms with van der Waals surface area (Å²) in [4.78, 5) is 14.2. The second kappa shape index (κ2) is 2.80. The van der Waals surface area contributed by atoms with Crippen molar-refractivity contribution in [3.63, 3.8) is 0 Å². The van der Waals surface area contributed by atoms with Gasteiger partial charge in [0.15, 0.2) is 0 Å². The Morgan fingerprint density at radius 3 is 3.00 bits per heavy atom. The smallest absolute Gasteiger partial charge is 0.267 e. The van der Waals surface area contributed by atoms with E-state index < -0.39 is 5.91 Å². The van der Waals surface area contributed by atoms with Gasteiger partial charge in [-0.1, -0.05) is 0 Å². The van der Waals surface area contributed by atoms with Gasteiger partial charge in [0.25, 0.3) is 5.91 Å². The van der Waals surface area contributed by atoms with Crippen LogP contribution in [0.2, 0.25) is 0 Å². The largest absolute Gasteiger partial charge is 0.364 e. The highest BCUT2D eigenvalue weighted by Crippen LogP contribution is 1.98. The van der Waals surface area contributed by atoms with Crippen LogP contribution in [0.1, 0.15) is 16.1 Å². The number of aromatic nitrogens is 1. The Labute approximate surface area is 63.3 Å². The molecular formula is C7H5N3O. The monoisotopic (exact) mass is 147 g/mol. The number of primary amides is 1. The fraction of sp³-hybridized carbons (Fsp3) is 0. The van der Waals surface area contributed by atoms with Crippen molar-refractivity contribution >= 4 is 5.91 Å². The van der Waals surface area contributed by atoms with E-state index in [0.717, 1.165) is 0 Å². The lowest BCUT2D eigenvalue weighted by Crippen LogP contribution is -2.12. The van der Waals surface area contributed by atoms with Crippen LogP contribution in [0.25, 0.3) is 0 Å².